The molecular weight excluding hydrogens is 352 g/mol. The first-order chi connectivity index (χ1) is 9.95. The molecule has 1 heterocycles. The van der Waals surface area contributed by atoms with E-state index in [-0.39, 0.29) is 0 Å². The summed E-state index contributed by atoms with van der Waals surface area (Å²) in [6.07, 6.45) is 2.28. The quantitative estimate of drug-likeness (QED) is 0.824. The van der Waals surface area contributed by atoms with Crippen molar-refractivity contribution in [3.63, 3.8) is 0 Å². The topological polar surface area (TPSA) is 63.8 Å². The third kappa shape index (κ3) is 2.99. The Labute approximate surface area is 137 Å². The molecule has 1 aromatic heterocycles. The zero-order valence-corrected chi connectivity index (χ0v) is 14.2. The molecule has 3 N–H and O–H groups in total. The number of aryl methyl sites for hydroxylation is 1. The van der Waals surface area contributed by atoms with Crippen LogP contribution in [0.5, 0.6) is 0 Å². The van der Waals surface area contributed by atoms with E-state index in [9.17, 15) is 0 Å². The summed E-state index contributed by atoms with van der Waals surface area (Å²) in [5.74, 6) is 2.56. The summed E-state index contributed by atoms with van der Waals surface area (Å²) in [7, 11) is 0. The van der Waals surface area contributed by atoms with Gasteiger partial charge in [0.2, 0.25) is 0 Å². The summed E-state index contributed by atoms with van der Waals surface area (Å²) in [4.78, 5) is 9.00. The van der Waals surface area contributed by atoms with E-state index in [1.54, 1.807) is 0 Å². The molecule has 0 radical (unpaired) electrons. The van der Waals surface area contributed by atoms with E-state index >= 15 is 0 Å². The van der Waals surface area contributed by atoms with Crippen molar-refractivity contribution in [2.45, 2.75) is 32.6 Å². The number of benzene rings is 1. The fourth-order valence-corrected chi connectivity index (χ4v) is 2.79. The minimum atomic E-state index is 0.457. The first kappa shape index (κ1) is 14.6. The highest BCUT2D eigenvalue weighted by Gasteiger charge is 2.28. The molecular formula is C15H16BrClN4. The van der Waals surface area contributed by atoms with Gasteiger partial charge >= 0.3 is 0 Å². The minimum Gasteiger partial charge on any atom is -0.383 e. The molecule has 0 aliphatic heterocycles. The summed E-state index contributed by atoms with van der Waals surface area (Å²) in [5.41, 5.74) is 8.74. The molecule has 0 amide bonds. The Bertz CT molecular complexity index is 713. The maximum atomic E-state index is 6.20. The predicted octanol–water partition coefficient (Wildman–Crippen LogP) is 4.71. The molecule has 0 atom stereocenters. The molecule has 2 aromatic rings. The minimum absolute atomic E-state index is 0.457. The molecule has 0 bridgehead atoms. The van der Waals surface area contributed by atoms with Crippen molar-refractivity contribution >= 4 is 44.9 Å². The maximum Gasteiger partial charge on any atom is 0.139 e. The van der Waals surface area contributed by atoms with Crippen molar-refractivity contribution in [3.05, 3.63) is 38.6 Å². The fraction of sp³-hybridized carbons (Fsp3) is 0.333. The van der Waals surface area contributed by atoms with E-state index in [4.69, 9.17) is 17.3 Å². The zero-order chi connectivity index (χ0) is 15.1. The number of anilines is 3. The van der Waals surface area contributed by atoms with E-state index in [2.05, 4.69) is 31.2 Å². The highest BCUT2D eigenvalue weighted by atomic mass is 79.9. The smallest absolute Gasteiger partial charge is 0.139 e. The number of nitrogens with zero attached hydrogens (tertiary/aromatic N) is 2. The number of nitrogens with one attached hydrogen (secondary N) is 1. The molecule has 1 aliphatic carbocycles. The number of hydrogen-bond acceptors (Lipinski definition) is 4. The van der Waals surface area contributed by atoms with Crippen LogP contribution in [0.25, 0.3) is 0 Å². The van der Waals surface area contributed by atoms with Gasteiger partial charge in [0.05, 0.1) is 5.69 Å². The summed E-state index contributed by atoms with van der Waals surface area (Å²) >= 11 is 9.74. The van der Waals surface area contributed by atoms with Crippen LogP contribution in [0.1, 0.15) is 35.7 Å². The molecule has 1 aromatic carbocycles. The third-order valence-corrected chi connectivity index (χ3v) is 4.71. The lowest BCUT2D eigenvalue weighted by Crippen LogP contribution is -2.06. The van der Waals surface area contributed by atoms with E-state index in [1.165, 1.54) is 0 Å². The highest BCUT2D eigenvalue weighted by Crippen LogP contribution is 2.40. The van der Waals surface area contributed by atoms with Crippen LogP contribution in [-0.4, -0.2) is 9.97 Å². The maximum absolute atomic E-state index is 6.20. The van der Waals surface area contributed by atoms with E-state index < -0.39 is 0 Å². The lowest BCUT2D eigenvalue weighted by molar-refractivity contribution is 0.927. The second-order valence-electron chi connectivity index (χ2n) is 5.42. The average molecular weight is 368 g/mol. The van der Waals surface area contributed by atoms with Crippen LogP contribution in [0.4, 0.5) is 17.3 Å². The number of hydrogen-bond donors (Lipinski definition) is 2. The van der Waals surface area contributed by atoms with Crippen LogP contribution >= 0.6 is 27.5 Å². The largest absolute Gasteiger partial charge is 0.383 e. The number of nitrogens with two attached hydrogens (primary N) is 1. The van der Waals surface area contributed by atoms with Gasteiger partial charge in [0, 0.05) is 21.0 Å². The molecule has 0 unspecified atom stereocenters. The van der Waals surface area contributed by atoms with Crippen LogP contribution in [0.15, 0.2) is 16.6 Å². The Morgan fingerprint density at radius 3 is 2.67 bits per heavy atom. The van der Waals surface area contributed by atoms with Gasteiger partial charge in [0.15, 0.2) is 0 Å². The van der Waals surface area contributed by atoms with Gasteiger partial charge < -0.3 is 11.1 Å². The Morgan fingerprint density at radius 2 is 2.00 bits per heavy atom. The van der Waals surface area contributed by atoms with Crippen LogP contribution in [0, 0.1) is 13.8 Å². The van der Waals surface area contributed by atoms with Gasteiger partial charge in [-0.05, 0) is 60.3 Å². The van der Waals surface area contributed by atoms with Gasteiger partial charge in [-0.1, -0.05) is 11.6 Å². The Kier molecular flexibility index (Phi) is 3.80. The number of rotatable bonds is 3. The second-order valence-corrected chi connectivity index (χ2v) is 6.68. The zero-order valence-electron chi connectivity index (χ0n) is 11.9. The Balaban J connectivity index is 1.99. The third-order valence-electron chi connectivity index (χ3n) is 3.64. The lowest BCUT2D eigenvalue weighted by Gasteiger charge is -2.14. The van der Waals surface area contributed by atoms with Crippen LogP contribution in [-0.2, 0) is 0 Å². The standard InChI is InChI=1S/C15H16BrClN4/c1-7-5-10(16)12(6-11(7)17)19-14-8(2)13(18)20-15(21-14)9-3-4-9/h5-6,9H,3-4H2,1-2H3,(H3,18,19,20,21). The molecule has 4 nitrogen and oxygen atoms in total. The first-order valence-electron chi connectivity index (χ1n) is 6.82. The molecule has 6 heteroatoms. The molecule has 3 rings (SSSR count). The number of halogens is 2. The van der Waals surface area contributed by atoms with Crippen molar-refractivity contribution < 1.29 is 0 Å². The summed E-state index contributed by atoms with van der Waals surface area (Å²) in [5, 5.41) is 4.02. The molecule has 110 valence electrons. The van der Waals surface area contributed by atoms with Gasteiger partial charge in [-0.3, -0.25) is 0 Å². The normalized spacial score (nSPS) is 14.3. The summed E-state index contributed by atoms with van der Waals surface area (Å²) in [6, 6.07) is 3.86. The molecule has 21 heavy (non-hydrogen) atoms. The van der Waals surface area contributed by atoms with Crippen LogP contribution in [0.2, 0.25) is 5.02 Å². The first-order valence-corrected chi connectivity index (χ1v) is 7.99. The van der Waals surface area contributed by atoms with Crippen molar-refractivity contribution in [2.75, 3.05) is 11.1 Å². The highest BCUT2D eigenvalue weighted by molar-refractivity contribution is 9.10. The van der Waals surface area contributed by atoms with E-state index in [0.29, 0.717) is 16.8 Å². The molecule has 1 aliphatic rings. The van der Waals surface area contributed by atoms with Gasteiger partial charge in [-0.15, -0.1) is 0 Å². The number of nitrogen functional groups attached to an aromatic ring is 1. The summed E-state index contributed by atoms with van der Waals surface area (Å²) < 4.78 is 0.939. The summed E-state index contributed by atoms with van der Waals surface area (Å²) in [6.45, 7) is 3.88. The van der Waals surface area contributed by atoms with Gasteiger partial charge in [-0.2, -0.15) is 0 Å². The van der Waals surface area contributed by atoms with Gasteiger partial charge in [0.25, 0.3) is 0 Å². The monoisotopic (exact) mass is 366 g/mol. The van der Waals surface area contributed by atoms with Crippen molar-refractivity contribution in [1.82, 2.24) is 9.97 Å². The van der Waals surface area contributed by atoms with Crippen LogP contribution < -0.4 is 11.1 Å². The fourth-order valence-electron chi connectivity index (χ4n) is 2.07. The second kappa shape index (κ2) is 5.46. The molecule has 0 saturated heterocycles. The Hall–Kier alpha value is -1.33. The molecule has 1 fully saturated rings. The number of aromatic nitrogens is 2. The van der Waals surface area contributed by atoms with E-state index in [0.717, 1.165) is 45.8 Å². The van der Waals surface area contributed by atoms with Gasteiger partial charge in [-0.25, -0.2) is 9.97 Å². The van der Waals surface area contributed by atoms with Crippen molar-refractivity contribution in [2.24, 2.45) is 0 Å². The average Bonchev–Trinajstić information content (AvgIpc) is 3.25. The molecule has 0 spiro atoms. The lowest BCUT2D eigenvalue weighted by atomic mass is 10.2. The van der Waals surface area contributed by atoms with Gasteiger partial charge in [0.1, 0.15) is 17.5 Å². The van der Waals surface area contributed by atoms with Crippen molar-refractivity contribution in [3.8, 4) is 0 Å². The van der Waals surface area contributed by atoms with E-state index in [1.807, 2.05) is 26.0 Å². The van der Waals surface area contributed by atoms with Crippen molar-refractivity contribution in [1.29, 1.82) is 0 Å². The van der Waals surface area contributed by atoms with Crippen LogP contribution in [0.3, 0.4) is 0 Å². The molecule has 1 saturated carbocycles. The predicted molar refractivity (Wildman–Crippen MR) is 90.3 cm³/mol. The SMILES string of the molecule is Cc1cc(Br)c(Nc2nc(C3CC3)nc(N)c2C)cc1Cl. The Morgan fingerprint density at radius 1 is 1.29 bits per heavy atom.